The van der Waals surface area contributed by atoms with Crippen molar-refractivity contribution < 1.29 is 22.0 Å². The molecule has 0 bridgehead atoms. The first kappa shape index (κ1) is 25.0. The Hall–Kier alpha value is -3.60. The smallest absolute Gasteiger partial charge is 0.341 e. The van der Waals surface area contributed by atoms with Gasteiger partial charge in [0, 0.05) is 30.5 Å². The Morgan fingerprint density at radius 2 is 1.62 bits per heavy atom. The van der Waals surface area contributed by atoms with Gasteiger partial charge in [-0.25, -0.2) is 18.4 Å². The van der Waals surface area contributed by atoms with Gasteiger partial charge in [0.25, 0.3) is 5.91 Å². The second-order valence-electron chi connectivity index (χ2n) is 7.29. The molecule has 34 heavy (non-hydrogen) atoms. The van der Waals surface area contributed by atoms with Crippen LogP contribution in [0.15, 0.2) is 59.5 Å². The minimum absolute atomic E-state index is 0.356. The number of amides is 1. The van der Waals surface area contributed by atoms with Crippen molar-refractivity contribution in [3.05, 3.63) is 66.0 Å². The highest BCUT2D eigenvalue weighted by molar-refractivity contribution is 7.91. The molecule has 0 saturated heterocycles. The van der Waals surface area contributed by atoms with Crippen molar-refractivity contribution in [1.29, 1.82) is 0 Å². The van der Waals surface area contributed by atoms with Gasteiger partial charge >= 0.3 is 5.76 Å². The number of carbonyl (C=O) groups is 1. The molecule has 1 amide bonds. The summed E-state index contributed by atoms with van der Waals surface area (Å²) in [5.74, 6) is -2.40. The summed E-state index contributed by atoms with van der Waals surface area (Å²) >= 11 is 0. The van der Waals surface area contributed by atoms with Gasteiger partial charge in [0.2, 0.25) is 9.84 Å². The molecule has 2 aromatic carbocycles. The largest absolute Gasteiger partial charge is 0.357 e. The quantitative estimate of drug-likeness (QED) is 0.452. The lowest BCUT2D eigenvalue weighted by Crippen LogP contribution is -2.23. The van der Waals surface area contributed by atoms with Gasteiger partial charge in [-0.05, 0) is 57.2 Å². The Kier molecular flexibility index (Phi) is 7.77. The van der Waals surface area contributed by atoms with Crippen LogP contribution in [-0.2, 0) is 9.84 Å². The molecule has 0 fully saturated rings. The van der Waals surface area contributed by atoms with Crippen LogP contribution in [-0.4, -0.2) is 43.1 Å². The standard InChI is InChI=1S/C23H25F2N5O3S/c1-4-30(5-2)21-14-20(26-15(3)27-21)28-16-10-12-17(13-11-16)29-22(31)18-8-6-7-9-19(18)34(32,33)23(24)25/h6-14,23H,4-5H2,1-3H3,(H,29,31)(H,26,27,28). The molecule has 0 aliphatic heterocycles. The first-order valence-corrected chi connectivity index (χ1v) is 12.1. The molecule has 0 aliphatic carbocycles. The molecule has 0 atom stereocenters. The van der Waals surface area contributed by atoms with E-state index in [-0.39, 0.29) is 5.56 Å². The number of rotatable bonds is 9. The fourth-order valence-electron chi connectivity index (χ4n) is 3.31. The van der Waals surface area contributed by atoms with Gasteiger partial charge in [-0.15, -0.1) is 0 Å². The molecular weight excluding hydrogens is 464 g/mol. The third-order valence-electron chi connectivity index (χ3n) is 5.00. The summed E-state index contributed by atoms with van der Waals surface area (Å²) in [4.78, 5) is 22.9. The normalized spacial score (nSPS) is 11.4. The lowest BCUT2D eigenvalue weighted by molar-refractivity contribution is 0.102. The number of hydrogen-bond acceptors (Lipinski definition) is 7. The monoisotopic (exact) mass is 489 g/mol. The first-order valence-electron chi connectivity index (χ1n) is 10.6. The number of nitrogens with zero attached hydrogens (tertiary/aromatic N) is 3. The molecule has 0 spiro atoms. The number of alkyl halides is 2. The zero-order chi connectivity index (χ0) is 24.9. The van der Waals surface area contributed by atoms with Gasteiger partial charge in [-0.2, -0.15) is 8.78 Å². The molecule has 0 radical (unpaired) electrons. The van der Waals surface area contributed by atoms with Crippen LogP contribution < -0.4 is 15.5 Å². The van der Waals surface area contributed by atoms with Crippen LogP contribution >= 0.6 is 0 Å². The van der Waals surface area contributed by atoms with Crippen molar-refractivity contribution in [2.24, 2.45) is 0 Å². The van der Waals surface area contributed by atoms with Gasteiger partial charge < -0.3 is 15.5 Å². The maximum absolute atomic E-state index is 13.0. The Morgan fingerprint density at radius 3 is 2.24 bits per heavy atom. The van der Waals surface area contributed by atoms with E-state index in [2.05, 4.69) is 25.5 Å². The maximum atomic E-state index is 13.0. The SMILES string of the molecule is CCN(CC)c1cc(Nc2ccc(NC(=O)c3ccccc3S(=O)(=O)C(F)F)cc2)nc(C)n1. The number of aromatic nitrogens is 2. The lowest BCUT2D eigenvalue weighted by atomic mass is 10.2. The number of anilines is 4. The van der Waals surface area contributed by atoms with Crippen LogP contribution in [0.1, 0.15) is 30.0 Å². The van der Waals surface area contributed by atoms with E-state index in [9.17, 15) is 22.0 Å². The maximum Gasteiger partial charge on any atom is 0.341 e. The third-order valence-corrected chi connectivity index (χ3v) is 6.44. The van der Waals surface area contributed by atoms with E-state index in [1.165, 1.54) is 18.2 Å². The summed E-state index contributed by atoms with van der Waals surface area (Å²) in [6.45, 7) is 7.51. The highest BCUT2D eigenvalue weighted by Crippen LogP contribution is 2.24. The fraction of sp³-hybridized carbons (Fsp3) is 0.261. The van der Waals surface area contributed by atoms with E-state index >= 15 is 0 Å². The topological polar surface area (TPSA) is 104 Å². The Labute approximate surface area is 197 Å². The van der Waals surface area contributed by atoms with E-state index in [1.54, 1.807) is 24.3 Å². The molecule has 3 aromatic rings. The number of halogens is 2. The van der Waals surface area contributed by atoms with Crippen LogP contribution in [0.5, 0.6) is 0 Å². The molecule has 180 valence electrons. The van der Waals surface area contributed by atoms with Crippen LogP contribution in [0.3, 0.4) is 0 Å². The van der Waals surface area contributed by atoms with Gasteiger partial charge in [-0.1, -0.05) is 12.1 Å². The van der Waals surface area contributed by atoms with Crippen LogP contribution in [0.25, 0.3) is 0 Å². The first-order chi connectivity index (χ1) is 16.1. The molecule has 0 unspecified atom stereocenters. The van der Waals surface area contributed by atoms with Crippen molar-refractivity contribution in [2.75, 3.05) is 28.6 Å². The van der Waals surface area contributed by atoms with Crippen molar-refractivity contribution >= 4 is 38.8 Å². The van der Waals surface area contributed by atoms with Gasteiger partial charge in [0.1, 0.15) is 17.5 Å². The number of carbonyl (C=O) groups excluding carboxylic acids is 1. The van der Waals surface area contributed by atoms with Crippen molar-refractivity contribution in [1.82, 2.24) is 9.97 Å². The number of nitrogens with one attached hydrogen (secondary N) is 2. The molecule has 2 N–H and O–H groups in total. The number of aryl methyl sites for hydroxylation is 1. The van der Waals surface area contributed by atoms with Crippen molar-refractivity contribution in [3.8, 4) is 0 Å². The van der Waals surface area contributed by atoms with Gasteiger partial charge in [0.15, 0.2) is 0 Å². The predicted molar refractivity (Wildman–Crippen MR) is 128 cm³/mol. The minimum Gasteiger partial charge on any atom is -0.357 e. The molecule has 0 aliphatic rings. The minimum atomic E-state index is -4.92. The van der Waals surface area contributed by atoms with E-state index < -0.39 is 26.4 Å². The number of sulfone groups is 1. The van der Waals surface area contributed by atoms with E-state index in [0.29, 0.717) is 23.0 Å². The Balaban J connectivity index is 1.77. The fourth-order valence-corrected chi connectivity index (χ4v) is 4.23. The summed E-state index contributed by atoms with van der Waals surface area (Å²) in [5, 5.41) is 5.73. The summed E-state index contributed by atoms with van der Waals surface area (Å²) in [6.07, 6.45) is 0. The summed E-state index contributed by atoms with van der Waals surface area (Å²) in [5.41, 5.74) is 0.704. The van der Waals surface area contributed by atoms with E-state index in [4.69, 9.17) is 0 Å². The average molecular weight is 490 g/mol. The Bertz CT molecular complexity index is 1260. The number of hydrogen-bond donors (Lipinski definition) is 2. The molecule has 0 saturated carbocycles. The average Bonchev–Trinajstić information content (AvgIpc) is 2.80. The molecule has 11 heteroatoms. The van der Waals surface area contributed by atoms with Crippen molar-refractivity contribution in [3.63, 3.8) is 0 Å². The molecular formula is C23H25F2N5O3S. The highest BCUT2D eigenvalue weighted by Gasteiger charge is 2.30. The molecule has 3 rings (SSSR count). The number of benzene rings is 2. The molecule has 1 heterocycles. The summed E-state index contributed by atoms with van der Waals surface area (Å²) < 4.78 is 49.8. The predicted octanol–water partition coefficient (Wildman–Crippen LogP) is 4.62. The second-order valence-corrected chi connectivity index (χ2v) is 9.18. The summed E-state index contributed by atoms with van der Waals surface area (Å²) in [6, 6.07) is 13.3. The second kappa shape index (κ2) is 10.6. The van der Waals surface area contributed by atoms with E-state index in [0.717, 1.165) is 25.0 Å². The summed E-state index contributed by atoms with van der Waals surface area (Å²) in [7, 11) is -4.92. The molecule has 8 nitrogen and oxygen atoms in total. The van der Waals surface area contributed by atoms with Crippen LogP contribution in [0.4, 0.5) is 31.8 Å². The third kappa shape index (κ3) is 5.66. The Morgan fingerprint density at radius 1 is 1.00 bits per heavy atom. The highest BCUT2D eigenvalue weighted by atomic mass is 32.2. The van der Waals surface area contributed by atoms with Gasteiger partial charge in [0.05, 0.1) is 10.5 Å². The molecule has 1 aromatic heterocycles. The van der Waals surface area contributed by atoms with Crippen LogP contribution in [0.2, 0.25) is 0 Å². The van der Waals surface area contributed by atoms with Crippen LogP contribution in [0, 0.1) is 6.92 Å². The van der Waals surface area contributed by atoms with Gasteiger partial charge in [-0.3, -0.25) is 4.79 Å². The lowest BCUT2D eigenvalue weighted by Gasteiger charge is -2.20. The van der Waals surface area contributed by atoms with E-state index in [1.807, 2.05) is 26.8 Å². The zero-order valence-corrected chi connectivity index (χ0v) is 19.7. The zero-order valence-electron chi connectivity index (χ0n) is 18.9. The van der Waals surface area contributed by atoms with Crippen molar-refractivity contribution in [2.45, 2.75) is 31.4 Å².